The Morgan fingerprint density at radius 3 is 2.42 bits per heavy atom. The van der Waals surface area contributed by atoms with Crippen LogP contribution in [0.3, 0.4) is 0 Å². The highest BCUT2D eigenvalue weighted by atomic mass is 19.4. The van der Waals surface area contributed by atoms with E-state index in [4.69, 9.17) is 4.74 Å². The molecule has 2 aromatic carbocycles. The second kappa shape index (κ2) is 10.4. The van der Waals surface area contributed by atoms with Crippen molar-refractivity contribution in [2.24, 2.45) is 0 Å². The fourth-order valence-electron chi connectivity index (χ4n) is 3.49. The molecular formula is C25H24F4N2O5. The smallest absolute Gasteiger partial charge is 0.416 e. The molecule has 2 amide bonds. The average molecular weight is 508 g/mol. The first-order chi connectivity index (χ1) is 16.8. The number of amides is 2. The highest BCUT2D eigenvalue weighted by Crippen LogP contribution is 2.30. The molecule has 1 aliphatic rings. The average Bonchev–Trinajstić information content (AvgIpc) is 2.80. The number of nitrogens with one attached hydrogen (secondary N) is 1. The molecule has 0 atom stereocenters. The Morgan fingerprint density at radius 2 is 1.81 bits per heavy atom. The number of fused-ring (bicyclic) bond motifs is 1. The van der Waals surface area contributed by atoms with E-state index < -0.39 is 40.9 Å². The molecule has 3 rings (SSSR count). The third kappa shape index (κ3) is 6.61. The van der Waals surface area contributed by atoms with E-state index >= 15 is 0 Å². The van der Waals surface area contributed by atoms with Gasteiger partial charge in [-0.3, -0.25) is 9.59 Å². The van der Waals surface area contributed by atoms with E-state index in [2.05, 4.69) is 5.32 Å². The number of halogens is 4. The maximum absolute atomic E-state index is 14.7. The van der Waals surface area contributed by atoms with Crippen molar-refractivity contribution in [3.05, 3.63) is 70.5 Å². The molecule has 36 heavy (non-hydrogen) atoms. The Balaban J connectivity index is 1.55. The van der Waals surface area contributed by atoms with Crippen LogP contribution in [0.5, 0.6) is 5.75 Å². The summed E-state index contributed by atoms with van der Waals surface area (Å²) in [5.41, 5.74) is -1.09. The molecule has 0 saturated carbocycles. The molecule has 192 valence electrons. The molecule has 0 radical (unpaired) electrons. The van der Waals surface area contributed by atoms with E-state index in [1.165, 1.54) is 37.0 Å². The monoisotopic (exact) mass is 508 g/mol. The van der Waals surface area contributed by atoms with Gasteiger partial charge in [0.2, 0.25) is 11.8 Å². The number of carbonyl (C=O) groups excluding carboxylic acids is 2. The van der Waals surface area contributed by atoms with E-state index in [1.54, 1.807) is 6.07 Å². The van der Waals surface area contributed by atoms with Gasteiger partial charge in [-0.25, -0.2) is 9.18 Å². The first kappa shape index (κ1) is 26.7. The summed E-state index contributed by atoms with van der Waals surface area (Å²) in [6, 6.07) is 6.87. The van der Waals surface area contributed by atoms with Crippen LogP contribution in [0.25, 0.3) is 6.08 Å². The first-order valence-electron chi connectivity index (χ1n) is 10.9. The minimum Gasteiger partial charge on any atom is -0.478 e. The Kier molecular flexibility index (Phi) is 7.71. The van der Waals surface area contributed by atoms with Crippen LogP contribution in [0, 0.1) is 5.82 Å². The van der Waals surface area contributed by atoms with Crippen molar-refractivity contribution in [3.8, 4) is 5.75 Å². The molecule has 2 N–H and O–H groups in total. The molecule has 7 nitrogen and oxygen atoms in total. The maximum Gasteiger partial charge on any atom is 0.416 e. The predicted molar refractivity (Wildman–Crippen MR) is 121 cm³/mol. The summed E-state index contributed by atoms with van der Waals surface area (Å²) in [7, 11) is 0. The van der Waals surface area contributed by atoms with Crippen LogP contribution >= 0.6 is 0 Å². The van der Waals surface area contributed by atoms with Gasteiger partial charge in [-0.2, -0.15) is 13.2 Å². The van der Waals surface area contributed by atoms with Gasteiger partial charge in [0, 0.05) is 30.8 Å². The number of aliphatic carboxylic acids is 1. The van der Waals surface area contributed by atoms with Gasteiger partial charge >= 0.3 is 12.1 Å². The largest absolute Gasteiger partial charge is 0.478 e. The second-order valence-electron chi connectivity index (χ2n) is 8.70. The third-order valence-corrected chi connectivity index (χ3v) is 5.58. The molecule has 1 heterocycles. The number of carboxylic acid groups (broad SMARTS) is 1. The lowest BCUT2D eigenvalue weighted by atomic mass is 9.98. The fourth-order valence-corrected chi connectivity index (χ4v) is 3.49. The van der Waals surface area contributed by atoms with Crippen molar-refractivity contribution in [2.75, 3.05) is 13.1 Å². The zero-order valence-corrected chi connectivity index (χ0v) is 19.5. The van der Waals surface area contributed by atoms with E-state index in [-0.39, 0.29) is 30.9 Å². The van der Waals surface area contributed by atoms with Crippen LogP contribution < -0.4 is 10.1 Å². The minimum atomic E-state index is -4.45. The lowest BCUT2D eigenvalue weighted by molar-refractivity contribution is -0.152. The number of nitrogens with zero attached hydrogens (tertiary/aromatic N) is 1. The Morgan fingerprint density at radius 1 is 1.14 bits per heavy atom. The molecule has 0 aliphatic carbocycles. The molecule has 2 aromatic rings. The van der Waals surface area contributed by atoms with Crippen LogP contribution in [-0.4, -0.2) is 46.5 Å². The number of benzene rings is 2. The number of carbonyl (C=O) groups is 3. The molecule has 11 heteroatoms. The zero-order chi connectivity index (χ0) is 26.7. The van der Waals surface area contributed by atoms with Gasteiger partial charge in [-0.1, -0.05) is 12.1 Å². The Bertz CT molecular complexity index is 1190. The summed E-state index contributed by atoms with van der Waals surface area (Å²) < 4.78 is 57.9. The lowest BCUT2D eigenvalue weighted by Crippen LogP contribution is -2.42. The highest BCUT2D eigenvalue weighted by Gasteiger charge is 2.31. The molecule has 1 aliphatic heterocycles. The fraction of sp³-hybridized carbons (Fsp3) is 0.320. The Labute approximate surface area is 204 Å². The van der Waals surface area contributed by atoms with Crippen LogP contribution in [0.1, 0.15) is 36.1 Å². The quantitative estimate of drug-likeness (QED) is 0.438. The van der Waals surface area contributed by atoms with Crippen molar-refractivity contribution < 1.29 is 41.8 Å². The molecule has 0 fully saturated rings. The molecule has 0 bridgehead atoms. The van der Waals surface area contributed by atoms with E-state index in [1.807, 2.05) is 0 Å². The third-order valence-electron chi connectivity index (χ3n) is 5.58. The zero-order valence-electron chi connectivity index (χ0n) is 19.5. The summed E-state index contributed by atoms with van der Waals surface area (Å²) in [5.74, 6) is -2.82. The van der Waals surface area contributed by atoms with Gasteiger partial charge in [0.05, 0.1) is 12.1 Å². The molecule has 0 saturated heterocycles. The van der Waals surface area contributed by atoms with Gasteiger partial charge in [-0.15, -0.1) is 0 Å². The topological polar surface area (TPSA) is 95.9 Å². The van der Waals surface area contributed by atoms with Gasteiger partial charge in [0.15, 0.2) is 5.60 Å². The van der Waals surface area contributed by atoms with Crippen molar-refractivity contribution in [2.45, 2.75) is 38.6 Å². The SMILES string of the molecule is CC(C)(Oc1cc(F)c2c(c1)CCN(C(=O)CNC(=O)/C=C/c1ccc(C(F)(F)F)cc1)C2)C(=O)O. The highest BCUT2D eigenvalue weighted by molar-refractivity contribution is 5.94. The number of hydrogen-bond acceptors (Lipinski definition) is 4. The number of carboxylic acids is 1. The molecule has 0 unspecified atom stereocenters. The summed E-state index contributed by atoms with van der Waals surface area (Å²) in [6.45, 7) is 2.58. The van der Waals surface area contributed by atoms with Gasteiger partial charge in [0.1, 0.15) is 11.6 Å². The van der Waals surface area contributed by atoms with Gasteiger partial charge < -0.3 is 20.1 Å². The number of hydrogen-bond donors (Lipinski definition) is 2. The summed E-state index contributed by atoms with van der Waals surface area (Å²) in [5, 5.41) is 11.6. The second-order valence-corrected chi connectivity index (χ2v) is 8.70. The molecular weight excluding hydrogens is 484 g/mol. The standard InChI is InChI=1S/C25H24F4N2O5/c1-24(2,23(34)35)36-18-11-16-9-10-31(14-19(16)20(26)12-18)22(33)13-30-21(32)8-5-15-3-6-17(7-4-15)25(27,28)29/h3-8,11-12H,9-10,13-14H2,1-2H3,(H,30,32)(H,34,35)/b8-5+. The van der Waals surface area contributed by atoms with Crippen LogP contribution in [0.4, 0.5) is 17.6 Å². The van der Waals surface area contributed by atoms with E-state index in [9.17, 15) is 37.1 Å². The first-order valence-corrected chi connectivity index (χ1v) is 10.9. The molecule has 0 aromatic heterocycles. The maximum atomic E-state index is 14.7. The summed E-state index contributed by atoms with van der Waals surface area (Å²) in [4.78, 5) is 37.2. The lowest BCUT2D eigenvalue weighted by Gasteiger charge is -2.30. The molecule has 0 spiro atoms. The van der Waals surface area contributed by atoms with Crippen molar-refractivity contribution in [3.63, 3.8) is 0 Å². The summed E-state index contributed by atoms with van der Waals surface area (Å²) >= 11 is 0. The van der Waals surface area contributed by atoms with Gasteiger partial charge in [0.25, 0.3) is 0 Å². The number of rotatable bonds is 7. The summed E-state index contributed by atoms with van der Waals surface area (Å²) in [6.07, 6.45) is -1.73. The van der Waals surface area contributed by atoms with Crippen LogP contribution in [0.15, 0.2) is 42.5 Å². The van der Waals surface area contributed by atoms with Crippen molar-refractivity contribution >= 4 is 23.9 Å². The van der Waals surface area contributed by atoms with Crippen molar-refractivity contribution in [1.29, 1.82) is 0 Å². The number of alkyl halides is 3. The normalized spacial score (nSPS) is 13.9. The van der Waals surface area contributed by atoms with E-state index in [0.29, 0.717) is 17.5 Å². The minimum absolute atomic E-state index is 0.0279. The van der Waals surface area contributed by atoms with Crippen LogP contribution in [0.2, 0.25) is 0 Å². The van der Waals surface area contributed by atoms with Crippen LogP contribution in [-0.2, 0) is 33.5 Å². The van der Waals surface area contributed by atoms with E-state index in [0.717, 1.165) is 24.3 Å². The number of ether oxygens (including phenoxy) is 1. The predicted octanol–water partition coefficient (Wildman–Crippen LogP) is 3.80. The Hall–Kier alpha value is -3.89. The van der Waals surface area contributed by atoms with Crippen molar-refractivity contribution in [1.82, 2.24) is 10.2 Å². The van der Waals surface area contributed by atoms with Gasteiger partial charge in [-0.05, 0) is 55.7 Å².